The third-order valence-electron chi connectivity index (χ3n) is 7.59. The molecule has 4 nitrogen and oxygen atoms in total. The summed E-state index contributed by atoms with van der Waals surface area (Å²) in [6.45, 7) is 18.9. The van der Waals surface area contributed by atoms with Crippen molar-refractivity contribution < 1.29 is 30.9 Å². The van der Waals surface area contributed by atoms with Gasteiger partial charge in [0.2, 0.25) is 0 Å². The molecule has 250 valence electrons. The van der Waals surface area contributed by atoms with Crippen molar-refractivity contribution in [2.24, 2.45) is 0 Å². The fraction of sp³-hybridized carbons (Fsp3) is 0.111. The number of aryl methyl sites for hydroxylation is 3. The summed E-state index contributed by atoms with van der Waals surface area (Å²) in [5, 5.41) is 11.1. The Hall–Kier alpha value is -5.12. The molecule has 7 rings (SSSR count). The van der Waals surface area contributed by atoms with Gasteiger partial charge in [0.15, 0.2) is 0 Å². The maximum atomic E-state index is 11.1. The Balaban J connectivity index is 0.000000247. The Morgan fingerprint density at radius 1 is 0.520 bits per heavy atom. The van der Waals surface area contributed by atoms with Crippen LogP contribution < -0.4 is 14.5 Å². The van der Waals surface area contributed by atoms with Crippen molar-refractivity contribution in [3.63, 3.8) is 0 Å². The minimum Gasteiger partial charge on any atom is -0.457 e. The van der Waals surface area contributed by atoms with Crippen LogP contribution in [0.4, 0.5) is 11.4 Å². The molecule has 0 saturated carbocycles. The SMILES string of the molecule is Cc1cc(C)c(N2CCN(c3ccccc3Oc3ccccc3)C2=[N-])c(C)c1.[CH2-]c1ccccc1.[CH2-]c1ccccc1.[CH2-]c1ccccc1.[Zr+4]. The number of para-hydroxylation sites is 3. The van der Waals surface area contributed by atoms with Gasteiger partial charge in [-0.1, -0.05) is 66.2 Å². The standard InChI is InChI=1S/C24H24N3O.3C7H7.Zr/c1-17-15-18(2)23(19(3)16-17)27-14-13-26(24(27)25)21-11-7-8-12-22(21)28-20-9-5-4-6-10-20;3*1-7-5-3-2-4-6-7;/h4-12,15-16H,13-14H2,1-3H3;3*2-6H,1H2;/q4*-1;+4. The summed E-state index contributed by atoms with van der Waals surface area (Å²) in [4.78, 5) is 3.90. The molecular formula is C45H45N3OZr. The van der Waals surface area contributed by atoms with Crippen molar-refractivity contribution in [1.29, 1.82) is 0 Å². The summed E-state index contributed by atoms with van der Waals surface area (Å²) in [6.07, 6.45) is 0. The molecule has 0 atom stereocenters. The van der Waals surface area contributed by atoms with E-state index in [0.717, 1.165) is 46.1 Å². The van der Waals surface area contributed by atoms with Gasteiger partial charge in [-0.3, -0.25) is 0 Å². The molecule has 0 aromatic heterocycles. The van der Waals surface area contributed by atoms with Crippen LogP contribution in [0.25, 0.3) is 5.41 Å². The number of rotatable bonds is 4. The van der Waals surface area contributed by atoms with Gasteiger partial charge in [-0.05, 0) is 74.9 Å². The molecule has 0 bridgehead atoms. The number of guanidine groups is 1. The second kappa shape index (κ2) is 20.4. The number of nitrogens with zero attached hydrogens (tertiary/aromatic N) is 3. The fourth-order valence-electron chi connectivity index (χ4n) is 5.40. The van der Waals surface area contributed by atoms with E-state index in [1.165, 1.54) is 16.7 Å². The van der Waals surface area contributed by atoms with E-state index in [4.69, 9.17) is 4.74 Å². The second-order valence-corrected chi connectivity index (χ2v) is 11.7. The first-order valence-electron chi connectivity index (χ1n) is 16.3. The molecule has 0 radical (unpaired) electrons. The quantitative estimate of drug-likeness (QED) is 0.169. The monoisotopic (exact) mass is 733 g/mol. The molecule has 6 aromatic rings. The molecule has 1 aliphatic heterocycles. The molecule has 1 heterocycles. The van der Waals surface area contributed by atoms with Crippen molar-refractivity contribution in [3.8, 4) is 11.5 Å². The summed E-state index contributed by atoms with van der Waals surface area (Å²) in [5.74, 6) is 1.73. The van der Waals surface area contributed by atoms with Crippen molar-refractivity contribution in [2.45, 2.75) is 20.8 Å². The molecule has 50 heavy (non-hydrogen) atoms. The maximum absolute atomic E-state index is 11.1. The van der Waals surface area contributed by atoms with E-state index in [2.05, 4.69) is 53.7 Å². The van der Waals surface area contributed by atoms with Gasteiger partial charge in [0.05, 0.1) is 0 Å². The van der Waals surface area contributed by atoms with Crippen LogP contribution in [-0.2, 0) is 26.2 Å². The number of benzene rings is 6. The zero-order chi connectivity index (χ0) is 35.0. The summed E-state index contributed by atoms with van der Waals surface area (Å²) in [5.41, 5.74) is 8.71. The van der Waals surface area contributed by atoms with Crippen LogP contribution in [-0.4, -0.2) is 19.0 Å². The van der Waals surface area contributed by atoms with E-state index >= 15 is 0 Å². The predicted octanol–water partition coefficient (Wildman–Crippen LogP) is 11.3. The largest absolute Gasteiger partial charge is 4.00 e. The molecular weight excluding hydrogens is 690 g/mol. The smallest absolute Gasteiger partial charge is 0.457 e. The first-order valence-corrected chi connectivity index (χ1v) is 16.3. The summed E-state index contributed by atoms with van der Waals surface area (Å²) in [7, 11) is 0. The number of ether oxygens (including phenoxy) is 1. The summed E-state index contributed by atoms with van der Waals surface area (Å²) < 4.78 is 6.09. The van der Waals surface area contributed by atoms with Gasteiger partial charge in [0, 0.05) is 11.6 Å². The maximum Gasteiger partial charge on any atom is 4.00 e. The molecule has 0 unspecified atom stereocenters. The molecule has 1 fully saturated rings. The van der Waals surface area contributed by atoms with Crippen LogP contribution >= 0.6 is 0 Å². The third-order valence-corrected chi connectivity index (χ3v) is 7.59. The first-order chi connectivity index (χ1) is 23.7. The summed E-state index contributed by atoms with van der Waals surface area (Å²) in [6, 6.07) is 51.5. The van der Waals surface area contributed by atoms with Crippen LogP contribution in [0.2, 0.25) is 0 Å². The number of hydrogen-bond donors (Lipinski definition) is 0. The molecule has 1 aliphatic rings. The van der Waals surface area contributed by atoms with E-state index in [0.29, 0.717) is 6.54 Å². The number of anilines is 2. The van der Waals surface area contributed by atoms with Crippen LogP contribution in [0.15, 0.2) is 158 Å². The molecule has 1 saturated heterocycles. The predicted molar refractivity (Wildman–Crippen MR) is 209 cm³/mol. The Labute approximate surface area is 319 Å². The minimum atomic E-state index is 0. The van der Waals surface area contributed by atoms with Crippen molar-refractivity contribution >= 4 is 17.3 Å². The van der Waals surface area contributed by atoms with Gasteiger partial charge in [-0.25, -0.2) is 0 Å². The Bertz CT molecular complexity index is 1750. The first kappa shape index (κ1) is 39.3. The van der Waals surface area contributed by atoms with E-state index in [9.17, 15) is 5.41 Å². The third kappa shape index (κ3) is 12.1. The van der Waals surface area contributed by atoms with Gasteiger partial charge in [-0.15, -0.1) is 36.4 Å². The van der Waals surface area contributed by atoms with Gasteiger partial charge in [0.1, 0.15) is 11.5 Å². The van der Waals surface area contributed by atoms with Crippen LogP contribution in [0, 0.1) is 41.5 Å². The molecule has 0 aliphatic carbocycles. The van der Waals surface area contributed by atoms with Crippen LogP contribution in [0.3, 0.4) is 0 Å². The molecule has 0 spiro atoms. The zero-order valence-electron chi connectivity index (χ0n) is 29.3. The minimum absolute atomic E-state index is 0. The molecule has 0 N–H and O–H groups in total. The molecule has 5 heteroatoms. The van der Waals surface area contributed by atoms with Gasteiger partial charge in [0.25, 0.3) is 0 Å². The normalized spacial score (nSPS) is 11.4. The van der Waals surface area contributed by atoms with Crippen molar-refractivity contribution in [1.82, 2.24) is 0 Å². The Kier molecular flexibility index (Phi) is 16.1. The van der Waals surface area contributed by atoms with Crippen LogP contribution in [0.1, 0.15) is 33.4 Å². The van der Waals surface area contributed by atoms with E-state index in [1.807, 2.05) is 155 Å². The topological polar surface area (TPSA) is 38.0 Å². The molecule has 6 aromatic carbocycles. The van der Waals surface area contributed by atoms with E-state index < -0.39 is 0 Å². The summed E-state index contributed by atoms with van der Waals surface area (Å²) >= 11 is 0. The fourth-order valence-corrected chi connectivity index (χ4v) is 5.40. The van der Waals surface area contributed by atoms with Gasteiger partial charge < -0.3 is 19.9 Å². The average Bonchev–Trinajstić information content (AvgIpc) is 3.47. The Morgan fingerprint density at radius 3 is 1.32 bits per heavy atom. The zero-order valence-corrected chi connectivity index (χ0v) is 31.8. The van der Waals surface area contributed by atoms with E-state index in [-0.39, 0.29) is 32.2 Å². The second-order valence-electron chi connectivity index (χ2n) is 11.7. The van der Waals surface area contributed by atoms with Crippen LogP contribution in [0.5, 0.6) is 11.5 Å². The van der Waals surface area contributed by atoms with E-state index in [1.54, 1.807) is 0 Å². The molecule has 0 amide bonds. The van der Waals surface area contributed by atoms with Crippen molar-refractivity contribution in [3.05, 3.63) is 217 Å². The van der Waals surface area contributed by atoms with Gasteiger partial charge >= 0.3 is 26.2 Å². The number of hydrogen-bond acceptors (Lipinski definition) is 1. The average molecular weight is 735 g/mol. The van der Waals surface area contributed by atoms with Crippen molar-refractivity contribution in [2.75, 3.05) is 22.9 Å². The Morgan fingerprint density at radius 2 is 0.900 bits per heavy atom. The van der Waals surface area contributed by atoms with Gasteiger partial charge in [-0.2, -0.15) is 73.9 Å².